The van der Waals surface area contributed by atoms with Crippen LogP contribution in [0.25, 0.3) is 0 Å². The van der Waals surface area contributed by atoms with Gasteiger partial charge in [0.15, 0.2) is 0 Å². The lowest BCUT2D eigenvalue weighted by Gasteiger charge is -2.64. The van der Waals surface area contributed by atoms with E-state index >= 15 is 0 Å². The molecular formula is C28H44O7. The van der Waals surface area contributed by atoms with Gasteiger partial charge in [-0.15, -0.1) is 0 Å². The molecule has 4 aliphatic carbocycles. The standard InChI is InChI=1S/C28H44O7/c1-15(6-9-25(32)33)20-7-8-21-26-22(14-24(31)28(20,21)5)27(4)11-10-19(34-16(2)29)12-18(27)13-23(26)35-17(3)30/h15,18-24,26,31H,6-14H2,1-5H3,(H,32,33)/t15-,18+,19-,20-,21+,22+,23-,24+,26+,27+,28-/m1/s1. The van der Waals surface area contributed by atoms with Gasteiger partial charge in [0.2, 0.25) is 0 Å². The first-order valence-electron chi connectivity index (χ1n) is 13.6. The predicted molar refractivity (Wildman–Crippen MR) is 129 cm³/mol. The number of aliphatic carboxylic acids is 1. The smallest absolute Gasteiger partial charge is 0.303 e. The van der Waals surface area contributed by atoms with E-state index in [4.69, 9.17) is 9.47 Å². The van der Waals surface area contributed by atoms with Crippen LogP contribution in [-0.4, -0.2) is 46.4 Å². The third kappa shape index (κ3) is 4.62. The monoisotopic (exact) mass is 492 g/mol. The topological polar surface area (TPSA) is 110 Å². The minimum atomic E-state index is -0.772. The van der Waals surface area contributed by atoms with Crippen molar-refractivity contribution in [2.24, 2.45) is 46.3 Å². The molecule has 0 spiro atoms. The lowest BCUT2D eigenvalue weighted by molar-refractivity contribution is -0.218. The molecule has 4 fully saturated rings. The summed E-state index contributed by atoms with van der Waals surface area (Å²) in [6.07, 6.45) is 5.99. The van der Waals surface area contributed by atoms with Crippen LogP contribution in [-0.2, 0) is 23.9 Å². The van der Waals surface area contributed by atoms with Crippen LogP contribution < -0.4 is 0 Å². The van der Waals surface area contributed by atoms with Crippen molar-refractivity contribution < 1.29 is 34.1 Å². The molecule has 11 atom stereocenters. The van der Waals surface area contributed by atoms with E-state index < -0.39 is 12.1 Å². The predicted octanol–water partition coefficient (Wildman–Crippen LogP) is 4.59. The van der Waals surface area contributed by atoms with Crippen molar-refractivity contribution in [2.75, 3.05) is 0 Å². The summed E-state index contributed by atoms with van der Waals surface area (Å²) in [5.41, 5.74) is -0.303. The van der Waals surface area contributed by atoms with Gasteiger partial charge in [0.25, 0.3) is 0 Å². The number of fused-ring (bicyclic) bond motifs is 5. The summed E-state index contributed by atoms with van der Waals surface area (Å²) in [6, 6.07) is 0. The minimum Gasteiger partial charge on any atom is -0.481 e. The molecule has 2 N–H and O–H groups in total. The summed E-state index contributed by atoms with van der Waals surface area (Å²) < 4.78 is 11.6. The van der Waals surface area contributed by atoms with Crippen LogP contribution in [0.1, 0.15) is 92.4 Å². The minimum absolute atomic E-state index is 0.00723. The molecule has 0 amide bonds. The summed E-state index contributed by atoms with van der Waals surface area (Å²) in [6.45, 7) is 9.63. The lowest BCUT2D eigenvalue weighted by atomic mass is 9.43. The van der Waals surface area contributed by atoms with Gasteiger partial charge < -0.3 is 19.7 Å². The van der Waals surface area contributed by atoms with Crippen LogP contribution in [0.15, 0.2) is 0 Å². The van der Waals surface area contributed by atoms with Gasteiger partial charge in [0.1, 0.15) is 12.2 Å². The van der Waals surface area contributed by atoms with Crippen LogP contribution in [0, 0.1) is 46.3 Å². The fourth-order valence-corrected chi connectivity index (χ4v) is 9.32. The number of carboxylic acid groups (broad SMARTS) is 1. The highest BCUT2D eigenvalue weighted by Gasteiger charge is 2.66. The van der Waals surface area contributed by atoms with Gasteiger partial charge in [-0.05, 0) is 91.8 Å². The molecule has 4 aliphatic rings. The first-order chi connectivity index (χ1) is 16.4. The number of carbonyl (C=O) groups excluding carboxylic acids is 2. The SMILES string of the molecule is CC(=O)O[C@@H]1CC[C@@]2(C)[C@@H](C1)C[C@@H](OC(C)=O)[C@@H]1[C@@H]2C[C@H](O)[C@]2(C)[C@@H]([C@H](C)CCC(=O)O)CC[C@@H]12. The number of aliphatic hydroxyl groups is 1. The Morgan fingerprint density at radius 3 is 2.29 bits per heavy atom. The number of carboxylic acids is 1. The molecule has 7 nitrogen and oxygen atoms in total. The van der Waals surface area contributed by atoms with Gasteiger partial charge >= 0.3 is 17.9 Å². The fourth-order valence-electron chi connectivity index (χ4n) is 9.32. The number of rotatable bonds is 6. The first-order valence-corrected chi connectivity index (χ1v) is 13.6. The zero-order valence-electron chi connectivity index (χ0n) is 22.0. The van der Waals surface area contributed by atoms with Gasteiger partial charge in [-0.25, -0.2) is 0 Å². The van der Waals surface area contributed by atoms with Gasteiger partial charge in [-0.1, -0.05) is 20.8 Å². The summed E-state index contributed by atoms with van der Waals surface area (Å²) in [5.74, 6) is 0.128. The summed E-state index contributed by atoms with van der Waals surface area (Å²) in [7, 11) is 0. The van der Waals surface area contributed by atoms with Crippen molar-refractivity contribution in [3.05, 3.63) is 0 Å². The number of carbonyl (C=O) groups is 3. The third-order valence-corrected chi connectivity index (χ3v) is 10.9. The van der Waals surface area contributed by atoms with E-state index in [9.17, 15) is 24.6 Å². The van der Waals surface area contributed by atoms with E-state index in [1.807, 2.05) is 0 Å². The van der Waals surface area contributed by atoms with Crippen LogP contribution in [0.2, 0.25) is 0 Å². The lowest BCUT2D eigenvalue weighted by Crippen LogP contribution is -2.63. The Morgan fingerprint density at radius 2 is 1.66 bits per heavy atom. The van der Waals surface area contributed by atoms with Crippen LogP contribution >= 0.6 is 0 Å². The highest BCUT2D eigenvalue weighted by molar-refractivity contribution is 5.67. The molecule has 0 aromatic rings. The van der Waals surface area contributed by atoms with Crippen LogP contribution in [0.4, 0.5) is 0 Å². The third-order valence-electron chi connectivity index (χ3n) is 10.9. The molecule has 0 aromatic carbocycles. The zero-order chi connectivity index (χ0) is 25.7. The first kappa shape index (κ1) is 26.4. The molecular weight excluding hydrogens is 448 g/mol. The van der Waals surface area contributed by atoms with Gasteiger partial charge in [0.05, 0.1) is 6.10 Å². The number of esters is 2. The Morgan fingerprint density at radius 1 is 0.971 bits per heavy atom. The van der Waals surface area contributed by atoms with Gasteiger partial charge in [0, 0.05) is 26.2 Å². The molecule has 0 unspecified atom stereocenters. The van der Waals surface area contributed by atoms with E-state index in [0.717, 1.165) is 38.5 Å². The second kappa shape index (κ2) is 9.68. The average Bonchev–Trinajstić information content (AvgIpc) is 3.11. The maximum atomic E-state index is 12.2. The second-order valence-electron chi connectivity index (χ2n) is 12.6. The van der Waals surface area contributed by atoms with Crippen molar-refractivity contribution in [2.45, 2.75) is 111 Å². The summed E-state index contributed by atoms with van der Waals surface area (Å²) in [4.78, 5) is 35.0. The van der Waals surface area contributed by atoms with Crippen LogP contribution in [0.3, 0.4) is 0 Å². The second-order valence-corrected chi connectivity index (χ2v) is 12.6. The Balaban J connectivity index is 1.64. The molecule has 0 heterocycles. The number of ether oxygens (including phenoxy) is 2. The van der Waals surface area contributed by atoms with Gasteiger partial charge in [-0.3, -0.25) is 14.4 Å². The molecule has 0 aliphatic heterocycles. The van der Waals surface area contributed by atoms with Crippen molar-refractivity contribution in [3.8, 4) is 0 Å². The molecule has 198 valence electrons. The van der Waals surface area contributed by atoms with E-state index in [1.54, 1.807) is 0 Å². The van der Waals surface area contributed by atoms with Crippen molar-refractivity contribution in [1.29, 1.82) is 0 Å². The molecule has 0 radical (unpaired) electrons. The summed E-state index contributed by atoms with van der Waals surface area (Å²) in [5, 5.41) is 20.9. The molecule has 35 heavy (non-hydrogen) atoms. The normalized spacial score (nSPS) is 45.4. The Labute approximate surface area is 209 Å². The fraction of sp³-hybridized carbons (Fsp3) is 0.893. The highest BCUT2D eigenvalue weighted by atomic mass is 16.5. The quantitative estimate of drug-likeness (QED) is 0.522. The van der Waals surface area contributed by atoms with Crippen LogP contribution in [0.5, 0.6) is 0 Å². The number of hydrogen-bond acceptors (Lipinski definition) is 6. The maximum absolute atomic E-state index is 12.2. The van der Waals surface area contributed by atoms with E-state index in [0.29, 0.717) is 12.8 Å². The number of aliphatic hydroxyl groups excluding tert-OH is 1. The van der Waals surface area contributed by atoms with Gasteiger partial charge in [-0.2, -0.15) is 0 Å². The Kier molecular flexibility index (Phi) is 7.31. The molecule has 0 aromatic heterocycles. The maximum Gasteiger partial charge on any atom is 0.303 e. The van der Waals surface area contributed by atoms with Crippen molar-refractivity contribution >= 4 is 17.9 Å². The molecule has 4 saturated carbocycles. The summed E-state index contributed by atoms with van der Waals surface area (Å²) >= 11 is 0. The molecule has 7 heteroatoms. The Hall–Kier alpha value is -1.63. The van der Waals surface area contributed by atoms with E-state index in [-0.39, 0.29) is 76.9 Å². The van der Waals surface area contributed by atoms with E-state index in [2.05, 4.69) is 20.8 Å². The number of hydrogen-bond donors (Lipinski definition) is 2. The molecule has 4 rings (SSSR count). The van der Waals surface area contributed by atoms with Crippen molar-refractivity contribution in [3.63, 3.8) is 0 Å². The largest absolute Gasteiger partial charge is 0.481 e. The van der Waals surface area contributed by atoms with E-state index in [1.165, 1.54) is 13.8 Å². The zero-order valence-corrected chi connectivity index (χ0v) is 22.0. The molecule has 0 saturated heterocycles. The Bertz CT molecular complexity index is 841. The highest BCUT2D eigenvalue weighted by Crippen LogP contribution is 2.68. The average molecular weight is 493 g/mol. The van der Waals surface area contributed by atoms with Crippen molar-refractivity contribution in [1.82, 2.24) is 0 Å². The molecule has 0 bridgehead atoms.